The summed E-state index contributed by atoms with van der Waals surface area (Å²) in [5.74, 6) is 1.55. The van der Waals surface area contributed by atoms with Gasteiger partial charge in [-0.1, -0.05) is 63.8 Å². The molecule has 2 aromatic rings. The Balaban J connectivity index is 1.78. The van der Waals surface area contributed by atoms with Gasteiger partial charge in [0.15, 0.2) is 0 Å². The molecule has 0 spiro atoms. The lowest BCUT2D eigenvalue weighted by Gasteiger charge is -2.46. The largest absolute Gasteiger partial charge is 0.494 e. The normalized spacial score (nSPS) is 24.6. The van der Waals surface area contributed by atoms with Crippen LogP contribution in [0.4, 0.5) is 0 Å². The second-order valence-corrected chi connectivity index (χ2v) is 13.9. The molecule has 4 rings (SSSR count). The molecule has 2 fully saturated rings. The monoisotopic (exact) mass is 718 g/mol. The molecule has 9 nitrogen and oxygen atoms in total. The molecule has 0 bridgehead atoms. The number of carbonyl (C=O) groups excluding carboxylic acids is 1. The van der Waals surface area contributed by atoms with E-state index in [0.29, 0.717) is 50.2 Å². The van der Waals surface area contributed by atoms with Crippen LogP contribution in [0.1, 0.15) is 102 Å². The van der Waals surface area contributed by atoms with Crippen LogP contribution in [0, 0.1) is 11.8 Å². The van der Waals surface area contributed by atoms with Crippen molar-refractivity contribution in [2.75, 3.05) is 46.2 Å². The Hall–Kier alpha value is -2.40. The van der Waals surface area contributed by atoms with Crippen molar-refractivity contribution in [3.05, 3.63) is 58.1 Å². The molecule has 1 heterocycles. The highest BCUT2D eigenvalue weighted by molar-refractivity contribution is 6.31. The molecule has 10 heteroatoms. The Morgan fingerprint density at radius 1 is 0.840 bits per heavy atom. The van der Waals surface area contributed by atoms with Gasteiger partial charge in [-0.05, 0) is 86.3 Å². The molecular formula is C40H59ClO9. The first kappa shape index (κ1) is 40.4. The predicted molar refractivity (Wildman–Crippen MR) is 194 cm³/mol. The molecule has 7 atom stereocenters. The molecule has 2 aliphatic rings. The number of hydrogen-bond acceptors (Lipinski definition) is 9. The summed E-state index contributed by atoms with van der Waals surface area (Å²) in [6.07, 6.45) is 4.28. The van der Waals surface area contributed by atoms with Crippen molar-refractivity contribution in [2.45, 2.75) is 117 Å². The molecule has 1 aliphatic heterocycles. The van der Waals surface area contributed by atoms with Gasteiger partial charge in [-0.25, -0.2) is 0 Å². The van der Waals surface area contributed by atoms with Crippen molar-refractivity contribution in [1.29, 1.82) is 0 Å². The van der Waals surface area contributed by atoms with Crippen molar-refractivity contribution in [3.63, 3.8) is 0 Å². The number of esters is 1. The number of carbonyl (C=O) groups is 1. The number of halogens is 1. The van der Waals surface area contributed by atoms with E-state index < -0.39 is 36.5 Å². The molecule has 1 saturated carbocycles. The summed E-state index contributed by atoms with van der Waals surface area (Å²) in [5.41, 5.74) is 2.79. The van der Waals surface area contributed by atoms with Crippen molar-refractivity contribution < 1.29 is 43.1 Å². The summed E-state index contributed by atoms with van der Waals surface area (Å²) in [6, 6.07) is 12.0. The first-order valence-corrected chi connectivity index (χ1v) is 19.1. The fraction of sp³-hybridized carbons (Fsp3) is 0.675. The second-order valence-electron chi connectivity index (χ2n) is 13.4. The third-order valence-corrected chi connectivity index (χ3v) is 9.73. The summed E-state index contributed by atoms with van der Waals surface area (Å²) in [6.45, 7) is 12.6. The summed E-state index contributed by atoms with van der Waals surface area (Å²) in [7, 11) is 0. The van der Waals surface area contributed by atoms with Crippen LogP contribution in [0.15, 0.2) is 36.4 Å². The van der Waals surface area contributed by atoms with E-state index in [9.17, 15) is 9.90 Å². The number of aliphatic hydroxyl groups excluding tert-OH is 1. The van der Waals surface area contributed by atoms with Gasteiger partial charge in [-0.15, -0.1) is 0 Å². The zero-order chi connectivity index (χ0) is 35.9. The molecule has 0 radical (unpaired) electrons. The highest BCUT2D eigenvalue weighted by Crippen LogP contribution is 2.44. The maximum absolute atomic E-state index is 12.1. The molecule has 1 N–H and O–H groups in total. The molecule has 1 aliphatic carbocycles. The number of rotatable bonds is 23. The van der Waals surface area contributed by atoms with E-state index >= 15 is 0 Å². The van der Waals surface area contributed by atoms with E-state index in [1.807, 2.05) is 37.3 Å². The van der Waals surface area contributed by atoms with Crippen molar-refractivity contribution >= 4 is 17.6 Å². The predicted octanol–water partition coefficient (Wildman–Crippen LogP) is 7.90. The van der Waals surface area contributed by atoms with Crippen LogP contribution in [0.3, 0.4) is 0 Å². The van der Waals surface area contributed by atoms with Gasteiger partial charge in [0.25, 0.3) is 0 Å². The van der Waals surface area contributed by atoms with Crippen LogP contribution >= 0.6 is 11.6 Å². The molecule has 0 amide bonds. The average molecular weight is 719 g/mol. The Labute approximate surface area is 304 Å². The number of ether oxygens (including phenoxy) is 7. The Bertz CT molecular complexity index is 1290. The fourth-order valence-corrected chi connectivity index (χ4v) is 6.51. The fourth-order valence-electron chi connectivity index (χ4n) is 6.29. The van der Waals surface area contributed by atoms with Gasteiger partial charge in [-0.3, -0.25) is 4.79 Å². The third-order valence-electron chi connectivity index (χ3n) is 9.38. The van der Waals surface area contributed by atoms with E-state index in [1.165, 1.54) is 6.92 Å². The second kappa shape index (κ2) is 21.2. The number of hydrogen-bond donors (Lipinski definition) is 1. The van der Waals surface area contributed by atoms with Crippen LogP contribution in [0.2, 0.25) is 5.02 Å². The SMILES string of the molecule is CCCCOC1[C@@H](OCCCC)[C@H](c2cc(Cc3ccc(OCC)cc3)c(Cl)cc2OC[C@@H]2C[C@@H]2CO)O[C@H](COC(C)=O)[C@H]1OCCCC. The van der Waals surface area contributed by atoms with Gasteiger partial charge >= 0.3 is 5.97 Å². The van der Waals surface area contributed by atoms with E-state index in [1.54, 1.807) is 0 Å². The molecule has 50 heavy (non-hydrogen) atoms. The number of benzene rings is 2. The molecule has 280 valence electrons. The lowest BCUT2D eigenvalue weighted by Crippen LogP contribution is -2.58. The quantitative estimate of drug-likeness (QED) is 0.0908. The van der Waals surface area contributed by atoms with Crippen LogP contribution in [-0.4, -0.2) is 81.7 Å². The van der Waals surface area contributed by atoms with E-state index in [4.69, 9.17) is 44.8 Å². The smallest absolute Gasteiger partial charge is 0.302 e. The third kappa shape index (κ3) is 11.8. The first-order chi connectivity index (χ1) is 24.3. The highest BCUT2D eigenvalue weighted by atomic mass is 35.5. The number of unbranched alkanes of at least 4 members (excludes halogenated alkanes) is 3. The Morgan fingerprint density at radius 3 is 2.06 bits per heavy atom. The van der Waals surface area contributed by atoms with Crippen LogP contribution in [0.5, 0.6) is 11.5 Å². The van der Waals surface area contributed by atoms with E-state index in [2.05, 4.69) is 26.8 Å². The lowest BCUT2D eigenvalue weighted by molar-refractivity contribution is -0.267. The maximum atomic E-state index is 12.1. The summed E-state index contributed by atoms with van der Waals surface area (Å²) >= 11 is 7.00. The summed E-state index contributed by atoms with van der Waals surface area (Å²) in [5, 5.41) is 10.3. The summed E-state index contributed by atoms with van der Waals surface area (Å²) in [4.78, 5) is 12.1. The Kier molecular flexibility index (Phi) is 17.1. The molecule has 0 aromatic heterocycles. The van der Waals surface area contributed by atoms with Gasteiger partial charge in [0.1, 0.15) is 48.6 Å². The minimum absolute atomic E-state index is 0.0149. The van der Waals surface area contributed by atoms with Crippen molar-refractivity contribution in [3.8, 4) is 11.5 Å². The van der Waals surface area contributed by atoms with Crippen LogP contribution < -0.4 is 9.47 Å². The van der Waals surface area contributed by atoms with E-state index in [0.717, 1.165) is 67.4 Å². The average Bonchev–Trinajstić information content (AvgIpc) is 3.88. The van der Waals surface area contributed by atoms with Crippen LogP contribution in [-0.2, 0) is 34.9 Å². The highest BCUT2D eigenvalue weighted by Gasteiger charge is 2.50. The van der Waals surface area contributed by atoms with Gasteiger partial charge in [0, 0.05) is 43.9 Å². The minimum atomic E-state index is -0.635. The zero-order valence-corrected chi connectivity index (χ0v) is 31.5. The zero-order valence-electron chi connectivity index (χ0n) is 30.7. The molecular weight excluding hydrogens is 660 g/mol. The topological polar surface area (TPSA) is 102 Å². The summed E-state index contributed by atoms with van der Waals surface area (Å²) < 4.78 is 44.6. The maximum Gasteiger partial charge on any atom is 0.302 e. The molecule has 1 unspecified atom stereocenters. The van der Waals surface area contributed by atoms with E-state index in [-0.39, 0.29) is 25.0 Å². The van der Waals surface area contributed by atoms with Gasteiger partial charge in [0.05, 0.1) is 13.2 Å². The van der Waals surface area contributed by atoms with Gasteiger partial charge < -0.3 is 38.3 Å². The standard InChI is InChI=1S/C40H59ClO9/c1-6-10-17-45-38-36(26-48-27(5)43)50-37(39(46-18-11-7-2)40(38)47-19-12-8-3)33-22-29(20-28-13-15-32(16-14-28)44-9-4)34(41)23-35(33)49-25-31-21-30(31)24-42/h13-16,22-23,30-31,36-40,42H,6-12,17-21,24-26H2,1-5H3/t30-,31+,36-,37+,38-,39+,40?/m1/s1. The minimum Gasteiger partial charge on any atom is -0.494 e. The number of aliphatic hydroxyl groups is 1. The van der Waals surface area contributed by atoms with Crippen molar-refractivity contribution in [2.24, 2.45) is 11.8 Å². The van der Waals surface area contributed by atoms with Crippen molar-refractivity contribution in [1.82, 2.24) is 0 Å². The van der Waals surface area contributed by atoms with Crippen LogP contribution in [0.25, 0.3) is 0 Å². The lowest BCUT2D eigenvalue weighted by atomic mass is 9.88. The van der Waals surface area contributed by atoms with Gasteiger partial charge in [-0.2, -0.15) is 0 Å². The molecule has 1 saturated heterocycles. The first-order valence-electron chi connectivity index (χ1n) is 18.7. The van der Waals surface area contributed by atoms with Gasteiger partial charge in [0.2, 0.25) is 0 Å². The molecule has 2 aromatic carbocycles. The Morgan fingerprint density at radius 2 is 1.48 bits per heavy atom.